The minimum Gasteiger partial charge on any atom is -0.468 e. The molecule has 6 nitrogen and oxygen atoms in total. The van der Waals surface area contributed by atoms with Crippen LogP contribution in [-0.4, -0.2) is 31.7 Å². The van der Waals surface area contributed by atoms with Gasteiger partial charge in [0.2, 0.25) is 15.9 Å². The molecule has 28 heavy (non-hydrogen) atoms. The molecule has 0 fully saturated rings. The first-order valence-electron chi connectivity index (χ1n) is 8.83. The number of carbonyl (C=O) groups is 1. The second-order valence-electron chi connectivity index (χ2n) is 6.34. The predicted octanol–water partition coefficient (Wildman–Crippen LogP) is 3.20. The highest BCUT2D eigenvalue weighted by atomic mass is 32.2. The number of rotatable bonds is 9. The van der Waals surface area contributed by atoms with Gasteiger partial charge in [-0.25, -0.2) is 8.42 Å². The van der Waals surface area contributed by atoms with E-state index in [0.717, 1.165) is 9.87 Å². The van der Waals surface area contributed by atoms with Gasteiger partial charge in [-0.1, -0.05) is 23.8 Å². The molecule has 8 heteroatoms. The fourth-order valence-corrected chi connectivity index (χ4v) is 4.73. The predicted molar refractivity (Wildman–Crippen MR) is 109 cm³/mol. The summed E-state index contributed by atoms with van der Waals surface area (Å²) in [7, 11) is -3.84. The summed E-state index contributed by atoms with van der Waals surface area (Å²) in [6.45, 7) is 2.06. The van der Waals surface area contributed by atoms with E-state index < -0.39 is 10.0 Å². The van der Waals surface area contributed by atoms with E-state index in [2.05, 4.69) is 5.32 Å². The number of nitrogens with zero attached hydrogens (tertiary/aromatic N) is 1. The van der Waals surface area contributed by atoms with Crippen molar-refractivity contribution >= 4 is 27.3 Å². The number of benzene rings is 1. The number of aryl methyl sites for hydroxylation is 1. The molecule has 2 aromatic heterocycles. The van der Waals surface area contributed by atoms with E-state index in [-0.39, 0.29) is 23.9 Å². The normalized spacial score (nSPS) is 11.6. The maximum absolute atomic E-state index is 13.1. The summed E-state index contributed by atoms with van der Waals surface area (Å²) >= 11 is 1.62. The summed E-state index contributed by atoms with van der Waals surface area (Å²) < 4.78 is 32.6. The minimum atomic E-state index is -3.84. The van der Waals surface area contributed by atoms with Crippen LogP contribution in [-0.2, 0) is 27.8 Å². The number of hydrogen-bond acceptors (Lipinski definition) is 5. The molecule has 0 aliphatic carbocycles. The van der Waals surface area contributed by atoms with Gasteiger partial charge in [0.25, 0.3) is 0 Å². The van der Waals surface area contributed by atoms with Gasteiger partial charge >= 0.3 is 0 Å². The molecule has 1 amide bonds. The zero-order valence-electron chi connectivity index (χ0n) is 15.5. The molecule has 0 unspecified atom stereocenters. The van der Waals surface area contributed by atoms with Crippen molar-refractivity contribution in [1.82, 2.24) is 9.62 Å². The molecule has 0 bridgehead atoms. The van der Waals surface area contributed by atoms with Crippen molar-refractivity contribution < 1.29 is 17.6 Å². The van der Waals surface area contributed by atoms with Gasteiger partial charge in [-0.3, -0.25) is 4.79 Å². The van der Waals surface area contributed by atoms with Crippen molar-refractivity contribution in [3.05, 3.63) is 76.4 Å². The van der Waals surface area contributed by atoms with Crippen molar-refractivity contribution in [1.29, 1.82) is 0 Å². The zero-order chi connectivity index (χ0) is 20.0. The molecule has 0 aliphatic heterocycles. The lowest BCUT2D eigenvalue weighted by Crippen LogP contribution is -2.40. The molecular weight excluding hydrogens is 396 g/mol. The lowest BCUT2D eigenvalue weighted by Gasteiger charge is -2.21. The van der Waals surface area contributed by atoms with E-state index in [0.29, 0.717) is 18.7 Å². The summed E-state index contributed by atoms with van der Waals surface area (Å²) in [5.41, 5.74) is 0.961. The Morgan fingerprint density at radius 3 is 2.57 bits per heavy atom. The van der Waals surface area contributed by atoms with Gasteiger partial charge in [-0.15, -0.1) is 11.3 Å². The quantitative estimate of drug-likeness (QED) is 0.579. The first-order valence-corrected chi connectivity index (χ1v) is 11.2. The average molecular weight is 419 g/mol. The smallest absolute Gasteiger partial charge is 0.243 e. The Bertz CT molecular complexity index is 980. The van der Waals surface area contributed by atoms with E-state index in [1.165, 1.54) is 11.1 Å². The topological polar surface area (TPSA) is 79.6 Å². The van der Waals surface area contributed by atoms with Crippen LogP contribution in [0.25, 0.3) is 0 Å². The fourth-order valence-electron chi connectivity index (χ4n) is 2.66. The van der Waals surface area contributed by atoms with Crippen molar-refractivity contribution in [3.8, 4) is 0 Å². The zero-order valence-corrected chi connectivity index (χ0v) is 17.1. The third-order valence-electron chi connectivity index (χ3n) is 4.16. The van der Waals surface area contributed by atoms with Crippen LogP contribution in [0.4, 0.5) is 0 Å². The SMILES string of the molecule is Cc1ccc(S(=O)(=O)N(CC(=O)NCCc2cccs2)Cc2ccco2)cc1. The third-order valence-corrected chi connectivity index (χ3v) is 6.91. The highest BCUT2D eigenvalue weighted by Crippen LogP contribution is 2.19. The first kappa shape index (κ1) is 20.3. The van der Waals surface area contributed by atoms with Crippen LogP contribution in [0.15, 0.2) is 69.5 Å². The maximum Gasteiger partial charge on any atom is 0.243 e. The Morgan fingerprint density at radius 2 is 1.93 bits per heavy atom. The number of amides is 1. The monoisotopic (exact) mass is 418 g/mol. The van der Waals surface area contributed by atoms with Gasteiger partial charge in [0, 0.05) is 11.4 Å². The Labute approximate surface area is 168 Å². The molecule has 0 aliphatic rings. The van der Waals surface area contributed by atoms with Gasteiger partial charge in [-0.05, 0) is 49.1 Å². The number of sulfonamides is 1. The van der Waals surface area contributed by atoms with Crippen LogP contribution in [0.1, 0.15) is 16.2 Å². The molecule has 1 N–H and O–H groups in total. The highest BCUT2D eigenvalue weighted by molar-refractivity contribution is 7.89. The molecule has 1 aromatic carbocycles. The molecule has 3 rings (SSSR count). The Morgan fingerprint density at radius 1 is 1.14 bits per heavy atom. The van der Waals surface area contributed by atoms with E-state index in [9.17, 15) is 13.2 Å². The molecule has 0 saturated heterocycles. The van der Waals surface area contributed by atoms with Gasteiger partial charge in [0.1, 0.15) is 5.76 Å². The van der Waals surface area contributed by atoms with E-state index in [1.54, 1.807) is 47.7 Å². The summed E-state index contributed by atoms with van der Waals surface area (Å²) in [4.78, 5) is 13.7. The van der Waals surface area contributed by atoms with E-state index in [4.69, 9.17) is 4.42 Å². The fraction of sp³-hybridized carbons (Fsp3) is 0.250. The van der Waals surface area contributed by atoms with Crippen LogP contribution in [0, 0.1) is 6.92 Å². The lowest BCUT2D eigenvalue weighted by atomic mass is 10.2. The average Bonchev–Trinajstić information content (AvgIpc) is 3.35. The first-order chi connectivity index (χ1) is 13.4. The van der Waals surface area contributed by atoms with Crippen LogP contribution in [0.3, 0.4) is 0 Å². The third kappa shape index (κ3) is 5.31. The Balaban J connectivity index is 1.71. The van der Waals surface area contributed by atoms with E-state index >= 15 is 0 Å². The van der Waals surface area contributed by atoms with E-state index in [1.807, 2.05) is 24.4 Å². The molecule has 2 heterocycles. The van der Waals surface area contributed by atoms with Crippen LogP contribution in [0.2, 0.25) is 0 Å². The largest absolute Gasteiger partial charge is 0.468 e. The van der Waals surface area contributed by atoms with Crippen LogP contribution < -0.4 is 5.32 Å². The Hall–Kier alpha value is -2.42. The summed E-state index contributed by atoms with van der Waals surface area (Å²) in [6, 6.07) is 13.9. The number of furan rings is 1. The Kier molecular flexibility index (Phi) is 6.66. The second kappa shape index (κ2) is 9.18. The summed E-state index contributed by atoms with van der Waals surface area (Å²) in [6.07, 6.45) is 2.19. The minimum absolute atomic E-state index is 0.0123. The van der Waals surface area contributed by atoms with Gasteiger partial charge in [0.05, 0.1) is 24.2 Å². The molecule has 0 spiro atoms. The highest BCUT2D eigenvalue weighted by Gasteiger charge is 2.27. The molecule has 148 valence electrons. The van der Waals surface area contributed by atoms with Crippen molar-refractivity contribution in [2.75, 3.05) is 13.1 Å². The van der Waals surface area contributed by atoms with Gasteiger partial charge in [-0.2, -0.15) is 4.31 Å². The standard InChI is InChI=1S/C20H22N2O4S2/c1-16-6-8-19(9-7-16)28(24,25)22(14-17-4-2-12-26-17)15-20(23)21-11-10-18-5-3-13-27-18/h2-9,12-13H,10-11,14-15H2,1H3,(H,21,23). The number of carbonyl (C=O) groups excluding carboxylic acids is 1. The maximum atomic E-state index is 13.1. The van der Waals surface area contributed by atoms with Crippen molar-refractivity contribution in [2.45, 2.75) is 24.8 Å². The number of nitrogens with one attached hydrogen (secondary N) is 1. The van der Waals surface area contributed by atoms with Gasteiger partial charge < -0.3 is 9.73 Å². The van der Waals surface area contributed by atoms with Crippen molar-refractivity contribution in [2.24, 2.45) is 0 Å². The number of thiophene rings is 1. The molecule has 0 atom stereocenters. The van der Waals surface area contributed by atoms with Crippen molar-refractivity contribution in [3.63, 3.8) is 0 Å². The summed E-state index contributed by atoms with van der Waals surface area (Å²) in [5.74, 6) is 0.126. The van der Waals surface area contributed by atoms with Crippen LogP contribution >= 0.6 is 11.3 Å². The lowest BCUT2D eigenvalue weighted by molar-refractivity contribution is -0.121. The molecule has 3 aromatic rings. The number of hydrogen-bond donors (Lipinski definition) is 1. The van der Waals surface area contributed by atoms with Crippen LogP contribution in [0.5, 0.6) is 0 Å². The summed E-state index contributed by atoms with van der Waals surface area (Å²) in [5, 5.41) is 4.78. The van der Waals surface area contributed by atoms with Gasteiger partial charge in [0.15, 0.2) is 0 Å². The molecular formula is C20H22N2O4S2. The second-order valence-corrected chi connectivity index (χ2v) is 9.32. The molecule has 0 saturated carbocycles. The molecule has 0 radical (unpaired) electrons.